The molecule has 0 radical (unpaired) electrons. The number of pyridine rings is 1. The van der Waals surface area contributed by atoms with Crippen LogP contribution in [-0.4, -0.2) is 17.9 Å². The molecule has 0 fully saturated rings. The van der Waals surface area contributed by atoms with Gasteiger partial charge in [0.25, 0.3) is 0 Å². The second-order valence-electron chi connectivity index (χ2n) is 3.65. The van der Waals surface area contributed by atoms with Crippen LogP contribution in [0.3, 0.4) is 0 Å². The summed E-state index contributed by atoms with van der Waals surface area (Å²) in [4.78, 5) is 14.6. The minimum atomic E-state index is 0.577. The first kappa shape index (κ1) is 11.3. The van der Waals surface area contributed by atoms with Crippen LogP contribution in [0.2, 0.25) is 0 Å². The van der Waals surface area contributed by atoms with Crippen LogP contribution < -0.4 is 4.74 Å². The summed E-state index contributed by atoms with van der Waals surface area (Å²) in [5, 5.41) is 0. The van der Waals surface area contributed by atoms with Crippen LogP contribution in [0.25, 0.3) is 0 Å². The Hall–Kier alpha value is -2.16. The zero-order chi connectivity index (χ0) is 11.9. The molecule has 2 aromatic rings. The highest BCUT2D eigenvalue weighted by molar-refractivity contribution is 5.75. The number of rotatable bonds is 5. The smallest absolute Gasteiger partial charge is 0.150 e. The number of aromatic nitrogens is 1. The topological polar surface area (TPSA) is 39.2 Å². The van der Waals surface area contributed by atoms with Gasteiger partial charge in [-0.05, 0) is 23.8 Å². The first-order valence-electron chi connectivity index (χ1n) is 5.45. The fourth-order valence-electron chi connectivity index (χ4n) is 1.51. The molecule has 1 heterocycles. The molecule has 0 N–H and O–H groups in total. The van der Waals surface area contributed by atoms with Crippen molar-refractivity contribution in [1.29, 1.82) is 0 Å². The number of ether oxygens (including phenoxy) is 1. The molecule has 0 aliphatic carbocycles. The first-order valence-corrected chi connectivity index (χ1v) is 5.45. The average Bonchev–Trinajstić information content (AvgIpc) is 2.40. The first-order chi connectivity index (χ1) is 8.38. The van der Waals surface area contributed by atoms with Gasteiger partial charge in [-0.25, -0.2) is 0 Å². The highest BCUT2D eigenvalue weighted by Crippen LogP contribution is 2.12. The summed E-state index contributed by atoms with van der Waals surface area (Å²) in [6.07, 6.45) is 5.19. The van der Waals surface area contributed by atoms with Gasteiger partial charge in [0.05, 0.1) is 6.61 Å². The SMILES string of the molecule is O=Cc1cccc(OCCc2cccnc2)c1. The fourth-order valence-corrected chi connectivity index (χ4v) is 1.51. The van der Waals surface area contributed by atoms with Gasteiger partial charge < -0.3 is 4.74 Å². The van der Waals surface area contributed by atoms with Crippen molar-refractivity contribution in [1.82, 2.24) is 4.98 Å². The van der Waals surface area contributed by atoms with Gasteiger partial charge >= 0.3 is 0 Å². The van der Waals surface area contributed by atoms with Crippen molar-refractivity contribution >= 4 is 6.29 Å². The Bertz CT molecular complexity index is 483. The van der Waals surface area contributed by atoms with Crippen LogP contribution >= 0.6 is 0 Å². The quantitative estimate of drug-likeness (QED) is 0.737. The van der Waals surface area contributed by atoms with E-state index < -0.39 is 0 Å². The van der Waals surface area contributed by atoms with Crippen LogP contribution in [0.5, 0.6) is 5.75 Å². The molecule has 3 heteroatoms. The van der Waals surface area contributed by atoms with Gasteiger partial charge in [0.2, 0.25) is 0 Å². The summed E-state index contributed by atoms with van der Waals surface area (Å²) in [6.45, 7) is 0.577. The zero-order valence-corrected chi connectivity index (χ0v) is 9.37. The lowest BCUT2D eigenvalue weighted by molar-refractivity contribution is 0.112. The van der Waals surface area contributed by atoms with Crippen LogP contribution in [0.4, 0.5) is 0 Å². The molecular weight excluding hydrogens is 214 g/mol. The summed E-state index contributed by atoms with van der Waals surface area (Å²) < 4.78 is 5.57. The molecule has 0 amide bonds. The molecule has 3 nitrogen and oxygen atoms in total. The minimum absolute atomic E-state index is 0.577. The van der Waals surface area contributed by atoms with Crippen molar-refractivity contribution in [2.45, 2.75) is 6.42 Å². The number of carbonyl (C=O) groups excluding carboxylic acids is 1. The maximum absolute atomic E-state index is 10.6. The lowest BCUT2D eigenvalue weighted by atomic mass is 10.2. The van der Waals surface area contributed by atoms with Gasteiger partial charge in [-0.1, -0.05) is 18.2 Å². The van der Waals surface area contributed by atoms with Crippen molar-refractivity contribution in [2.75, 3.05) is 6.61 Å². The van der Waals surface area contributed by atoms with E-state index in [4.69, 9.17) is 4.74 Å². The van der Waals surface area contributed by atoms with Gasteiger partial charge in [-0.3, -0.25) is 9.78 Å². The van der Waals surface area contributed by atoms with Gasteiger partial charge in [0.1, 0.15) is 12.0 Å². The average molecular weight is 227 g/mol. The van der Waals surface area contributed by atoms with Gasteiger partial charge in [-0.2, -0.15) is 0 Å². The lowest BCUT2D eigenvalue weighted by Crippen LogP contribution is -2.01. The Morgan fingerprint density at radius 2 is 2.18 bits per heavy atom. The number of hydrogen-bond donors (Lipinski definition) is 0. The predicted molar refractivity (Wildman–Crippen MR) is 65.3 cm³/mol. The Morgan fingerprint density at radius 3 is 2.94 bits per heavy atom. The predicted octanol–water partition coefficient (Wildman–Crippen LogP) is 2.52. The van der Waals surface area contributed by atoms with Gasteiger partial charge in [0.15, 0.2) is 0 Å². The van der Waals surface area contributed by atoms with E-state index in [1.807, 2.05) is 30.5 Å². The molecule has 17 heavy (non-hydrogen) atoms. The van der Waals surface area contributed by atoms with E-state index in [9.17, 15) is 4.79 Å². The van der Waals surface area contributed by atoms with E-state index in [1.54, 1.807) is 18.3 Å². The third kappa shape index (κ3) is 3.41. The van der Waals surface area contributed by atoms with Crippen LogP contribution in [0, 0.1) is 0 Å². The molecule has 0 spiro atoms. The molecule has 0 bridgehead atoms. The molecule has 0 aliphatic heterocycles. The summed E-state index contributed by atoms with van der Waals surface area (Å²) >= 11 is 0. The summed E-state index contributed by atoms with van der Waals surface area (Å²) in [5.41, 5.74) is 1.77. The molecule has 1 aromatic heterocycles. The highest BCUT2D eigenvalue weighted by atomic mass is 16.5. The largest absolute Gasteiger partial charge is 0.493 e. The van der Waals surface area contributed by atoms with Crippen LogP contribution in [0.15, 0.2) is 48.8 Å². The Labute approximate surface area is 100 Å². The standard InChI is InChI=1S/C14H13NO2/c16-11-13-3-1-5-14(9-13)17-8-6-12-4-2-7-15-10-12/h1-5,7,9-11H,6,8H2. The molecule has 0 unspecified atom stereocenters. The van der Waals surface area contributed by atoms with E-state index in [2.05, 4.69) is 4.98 Å². The fraction of sp³-hybridized carbons (Fsp3) is 0.143. The number of carbonyl (C=O) groups is 1. The minimum Gasteiger partial charge on any atom is -0.493 e. The molecule has 2 rings (SSSR count). The van der Waals surface area contributed by atoms with Crippen LogP contribution in [-0.2, 0) is 6.42 Å². The maximum Gasteiger partial charge on any atom is 0.150 e. The number of aldehydes is 1. The van der Waals surface area contributed by atoms with Crippen molar-refractivity contribution in [2.24, 2.45) is 0 Å². The van der Waals surface area contributed by atoms with E-state index >= 15 is 0 Å². The third-order valence-electron chi connectivity index (χ3n) is 2.38. The Balaban J connectivity index is 1.88. The molecule has 1 aromatic carbocycles. The van der Waals surface area contributed by atoms with Crippen LogP contribution in [0.1, 0.15) is 15.9 Å². The molecule has 0 saturated heterocycles. The van der Waals surface area contributed by atoms with E-state index in [0.717, 1.165) is 24.0 Å². The molecule has 0 atom stereocenters. The van der Waals surface area contributed by atoms with Gasteiger partial charge in [-0.15, -0.1) is 0 Å². The summed E-state index contributed by atoms with van der Waals surface area (Å²) in [5.74, 6) is 0.721. The van der Waals surface area contributed by atoms with Gasteiger partial charge in [0, 0.05) is 24.4 Å². The zero-order valence-electron chi connectivity index (χ0n) is 9.37. The highest BCUT2D eigenvalue weighted by Gasteiger charge is 1.97. The lowest BCUT2D eigenvalue weighted by Gasteiger charge is -2.06. The molecule has 0 aliphatic rings. The summed E-state index contributed by atoms with van der Waals surface area (Å²) in [7, 11) is 0. The Morgan fingerprint density at radius 1 is 1.24 bits per heavy atom. The van der Waals surface area contributed by atoms with Crippen molar-refractivity contribution < 1.29 is 9.53 Å². The second kappa shape index (κ2) is 5.80. The third-order valence-corrected chi connectivity index (χ3v) is 2.38. The Kier molecular flexibility index (Phi) is 3.86. The number of hydrogen-bond acceptors (Lipinski definition) is 3. The summed E-state index contributed by atoms with van der Waals surface area (Å²) in [6, 6.07) is 11.1. The normalized spacial score (nSPS) is 9.88. The maximum atomic E-state index is 10.6. The molecular formula is C14H13NO2. The van der Waals surface area contributed by atoms with E-state index in [1.165, 1.54) is 0 Å². The van der Waals surface area contributed by atoms with E-state index in [0.29, 0.717) is 12.2 Å². The number of benzene rings is 1. The molecule has 86 valence electrons. The monoisotopic (exact) mass is 227 g/mol. The van der Waals surface area contributed by atoms with Crippen molar-refractivity contribution in [3.63, 3.8) is 0 Å². The van der Waals surface area contributed by atoms with Crippen molar-refractivity contribution in [3.05, 3.63) is 59.9 Å². The number of nitrogens with zero attached hydrogens (tertiary/aromatic N) is 1. The molecule has 0 saturated carbocycles. The van der Waals surface area contributed by atoms with Crippen molar-refractivity contribution in [3.8, 4) is 5.75 Å². The second-order valence-corrected chi connectivity index (χ2v) is 3.65. The van der Waals surface area contributed by atoms with E-state index in [-0.39, 0.29) is 0 Å².